The zero-order valence-electron chi connectivity index (χ0n) is 7.88. The van der Waals surface area contributed by atoms with Gasteiger partial charge >= 0.3 is 0 Å². The van der Waals surface area contributed by atoms with Crippen LogP contribution in [0, 0.1) is 0 Å². The van der Waals surface area contributed by atoms with E-state index in [9.17, 15) is 4.79 Å². The minimum atomic E-state index is -0.148. The normalized spacial score (nSPS) is 22.7. The Bertz CT molecular complexity index is 145. The molecule has 0 spiro atoms. The highest BCUT2D eigenvalue weighted by molar-refractivity contribution is 5.81. The Kier molecular flexibility index (Phi) is 3.53. The first kappa shape index (κ1) is 9.52. The third-order valence-electron chi connectivity index (χ3n) is 2.28. The molecule has 3 heteroatoms. The number of nitrogens with zero attached hydrogens (tertiary/aromatic N) is 1. The van der Waals surface area contributed by atoms with Crippen LogP contribution < -0.4 is 0 Å². The summed E-state index contributed by atoms with van der Waals surface area (Å²) in [5.74, 6) is 0.164. The second-order valence-corrected chi connectivity index (χ2v) is 3.01. The largest absolute Gasteiger partial charge is 0.368 e. The van der Waals surface area contributed by atoms with E-state index in [0.29, 0.717) is 0 Å². The Balaban J connectivity index is 2.43. The van der Waals surface area contributed by atoms with E-state index in [2.05, 4.69) is 0 Å². The zero-order valence-corrected chi connectivity index (χ0v) is 7.88. The monoisotopic (exact) mass is 171 g/mol. The van der Waals surface area contributed by atoms with Gasteiger partial charge in [-0.05, 0) is 26.7 Å². The van der Waals surface area contributed by atoms with Gasteiger partial charge in [-0.25, -0.2) is 0 Å². The summed E-state index contributed by atoms with van der Waals surface area (Å²) in [6.07, 6.45) is 1.78. The Hall–Kier alpha value is -0.570. The second-order valence-electron chi connectivity index (χ2n) is 3.01. The lowest BCUT2D eigenvalue weighted by Gasteiger charge is -2.21. The number of hydrogen-bond donors (Lipinski definition) is 0. The van der Waals surface area contributed by atoms with Crippen molar-refractivity contribution in [3.8, 4) is 0 Å². The van der Waals surface area contributed by atoms with Crippen LogP contribution in [0.1, 0.15) is 26.7 Å². The third kappa shape index (κ3) is 1.97. The molecule has 12 heavy (non-hydrogen) atoms. The van der Waals surface area contributed by atoms with E-state index in [0.717, 1.165) is 32.5 Å². The molecule has 0 aliphatic carbocycles. The first-order valence-electron chi connectivity index (χ1n) is 4.70. The standard InChI is InChI=1S/C9H17NO2/c1-3-10(4-2)9(11)8-6-5-7-12-8/h8H,3-7H2,1-2H3/t8-/m1/s1. The van der Waals surface area contributed by atoms with Gasteiger partial charge in [0.2, 0.25) is 0 Å². The van der Waals surface area contributed by atoms with Gasteiger partial charge < -0.3 is 9.64 Å². The van der Waals surface area contributed by atoms with Crippen LogP contribution in [0.5, 0.6) is 0 Å². The Morgan fingerprint density at radius 3 is 2.58 bits per heavy atom. The summed E-state index contributed by atoms with van der Waals surface area (Å²) >= 11 is 0. The highest BCUT2D eigenvalue weighted by atomic mass is 16.5. The van der Waals surface area contributed by atoms with Gasteiger partial charge in [-0.1, -0.05) is 0 Å². The maximum Gasteiger partial charge on any atom is 0.251 e. The van der Waals surface area contributed by atoms with Gasteiger partial charge in [-0.2, -0.15) is 0 Å². The number of carbonyl (C=O) groups excluding carboxylic acids is 1. The molecular weight excluding hydrogens is 154 g/mol. The number of rotatable bonds is 3. The van der Waals surface area contributed by atoms with Gasteiger partial charge in [0.05, 0.1) is 0 Å². The van der Waals surface area contributed by atoms with Crippen molar-refractivity contribution in [3.05, 3.63) is 0 Å². The van der Waals surface area contributed by atoms with Crippen molar-refractivity contribution in [1.29, 1.82) is 0 Å². The maximum atomic E-state index is 11.6. The van der Waals surface area contributed by atoms with Crippen molar-refractivity contribution >= 4 is 5.91 Å². The number of ether oxygens (including phenoxy) is 1. The molecule has 0 bridgehead atoms. The van der Waals surface area contributed by atoms with Crippen molar-refractivity contribution in [1.82, 2.24) is 4.90 Å². The van der Waals surface area contributed by atoms with Crippen LogP contribution in [0.2, 0.25) is 0 Å². The second kappa shape index (κ2) is 4.45. The van der Waals surface area contributed by atoms with Crippen LogP contribution in [-0.4, -0.2) is 36.6 Å². The summed E-state index contributed by atoms with van der Waals surface area (Å²) in [6.45, 7) is 6.31. The lowest BCUT2D eigenvalue weighted by molar-refractivity contribution is -0.140. The van der Waals surface area contributed by atoms with Gasteiger partial charge in [-0.3, -0.25) is 4.79 Å². The van der Waals surface area contributed by atoms with Crippen LogP contribution in [0.4, 0.5) is 0 Å². The van der Waals surface area contributed by atoms with Crippen LogP contribution in [0.25, 0.3) is 0 Å². The van der Waals surface area contributed by atoms with Crippen LogP contribution in [0.15, 0.2) is 0 Å². The summed E-state index contributed by atoms with van der Waals surface area (Å²) in [5, 5.41) is 0. The predicted octanol–water partition coefficient (Wildman–Crippen LogP) is 1.03. The van der Waals surface area contributed by atoms with E-state index in [4.69, 9.17) is 4.74 Å². The molecule has 1 fully saturated rings. The molecule has 1 aliphatic rings. The van der Waals surface area contributed by atoms with Crippen molar-refractivity contribution in [2.75, 3.05) is 19.7 Å². The van der Waals surface area contributed by atoms with Crippen LogP contribution in [0.3, 0.4) is 0 Å². The molecule has 0 N–H and O–H groups in total. The van der Waals surface area contributed by atoms with Crippen LogP contribution >= 0.6 is 0 Å². The quantitative estimate of drug-likeness (QED) is 0.635. The molecule has 0 aromatic carbocycles. The van der Waals surface area contributed by atoms with E-state index in [1.54, 1.807) is 0 Å². The summed E-state index contributed by atoms with van der Waals surface area (Å²) in [5.41, 5.74) is 0. The Morgan fingerprint density at radius 2 is 2.17 bits per heavy atom. The molecule has 0 aromatic rings. The molecule has 0 saturated carbocycles. The number of amides is 1. The summed E-state index contributed by atoms with van der Waals surface area (Å²) in [7, 11) is 0. The Labute approximate surface area is 73.7 Å². The van der Waals surface area contributed by atoms with E-state index in [1.165, 1.54) is 0 Å². The lowest BCUT2D eigenvalue weighted by atomic mass is 10.2. The average molecular weight is 171 g/mol. The molecule has 1 atom stereocenters. The molecule has 1 heterocycles. The summed E-state index contributed by atoms with van der Waals surface area (Å²) in [4.78, 5) is 13.4. The molecule has 70 valence electrons. The van der Waals surface area contributed by atoms with Crippen molar-refractivity contribution in [2.24, 2.45) is 0 Å². The topological polar surface area (TPSA) is 29.5 Å². The fourth-order valence-electron chi connectivity index (χ4n) is 1.51. The van der Waals surface area contributed by atoms with Gasteiger partial charge in [0.15, 0.2) is 0 Å². The molecule has 1 saturated heterocycles. The highest BCUT2D eigenvalue weighted by Crippen LogP contribution is 2.14. The molecule has 1 amide bonds. The fraction of sp³-hybridized carbons (Fsp3) is 0.889. The highest BCUT2D eigenvalue weighted by Gasteiger charge is 2.26. The van der Waals surface area contributed by atoms with E-state index in [1.807, 2.05) is 18.7 Å². The SMILES string of the molecule is CCN(CC)C(=O)[C@H]1CCCO1. The Morgan fingerprint density at radius 1 is 1.50 bits per heavy atom. The van der Waals surface area contributed by atoms with Crippen molar-refractivity contribution in [3.63, 3.8) is 0 Å². The molecule has 1 rings (SSSR count). The molecule has 0 aromatic heterocycles. The van der Waals surface area contributed by atoms with E-state index < -0.39 is 0 Å². The van der Waals surface area contributed by atoms with Crippen molar-refractivity contribution < 1.29 is 9.53 Å². The van der Waals surface area contributed by atoms with E-state index in [-0.39, 0.29) is 12.0 Å². The van der Waals surface area contributed by atoms with Crippen molar-refractivity contribution in [2.45, 2.75) is 32.8 Å². The summed E-state index contributed by atoms with van der Waals surface area (Å²) < 4.78 is 5.31. The minimum absolute atomic E-state index is 0.148. The first-order valence-corrected chi connectivity index (χ1v) is 4.70. The van der Waals surface area contributed by atoms with E-state index >= 15 is 0 Å². The fourth-order valence-corrected chi connectivity index (χ4v) is 1.51. The smallest absolute Gasteiger partial charge is 0.251 e. The molecule has 3 nitrogen and oxygen atoms in total. The average Bonchev–Trinajstić information content (AvgIpc) is 2.58. The van der Waals surface area contributed by atoms with Crippen LogP contribution in [-0.2, 0) is 9.53 Å². The first-order chi connectivity index (χ1) is 5.79. The van der Waals surface area contributed by atoms with Gasteiger partial charge in [-0.15, -0.1) is 0 Å². The summed E-state index contributed by atoms with van der Waals surface area (Å²) in [6, 6.07) is 0. The van der Waals surface area contributed by atoms with Gasteiger partial charge in [0, 0.05) is 19.7 Å². The minimum Gasteiger partial charge on any atom is -0.368 e. The molecule has 1 aliphatic heterocycles. The zero-order chi connectivity index (χ0) is 8.97. The number of likely N-dealkylation sites (N-methyl/N-ethyl adjacent to an activating group) is 1. The molecule has 0 unspecified atom stereocenters. The van der Waals surface area contributed by atoms with Gasteiger partial charge in [0.25, 0.3) is 5.91 Å². The maximum absolute atomic E-state index is 11.6. The molecular formula is C9H17NO2. The number of hydrogen-bond acceptors (Lipinski definition) is 2. The van der Waals surface area contributed by atoms with Gasteiger partial charge in [0.1, 0.15) is 6.10 Å². The third-order valence-corrected chi connectivity index (χ3v) is 2.28. The predicted molar refractivity (Wildman–Crippen MR) is 46.9 cm³/mol. The number of carbonyl (C=O) groups is 1. The lowest BCUT2D eigenvalue weighted by Crippen LogP contribution is -2.38. The molecule has 0 radical (unpaired) electrons.